The van der Waals surface area contributed by atoms with E-state index in [1.807, 2.05) is 46.1 Å². The van der Waals surface area contributed by atoms with Gasteiger partial charge in [0, 0.05) is 19.0 Å². The van der Waals surface area contributed by atoms with E-state index in [1.165, 1.54) is 0 Å². The zero-order valence-electron chi connectivity index (χ0n) is 14.1. The van der Waals surface area contributed by atoms with E-state index in [0.29, 0.717) is 6.61 Å². The normalized spacial score (nSPS) is 20.3. The molecule has 2 aromatic rings. The Bertz CT molecular complexity index is 748. The Morgan fingerprint density at radius 2 is 2.00 bits per heavy atom. The van der Waals surface area contributed by atoms with Crippen molar-refractivity contribution in [2.24, 2.45) is 5.92 Å². The van der Waals surface area contributed by atoms with Crippen LogP contribution >= 0.6 is 0 Å². The second kappa shape index (κ2) is 7.09. The number of aromatic nitrogens is 3. The fourth-order valence-corrected chi connectivity index (χ4v) is 3.47. The summed E-state index contributed by atoms with van der Waals surface area (Å²) in [5.41, 5.74) is 0.800. The van der Waals surface area contributed by atoms with Crippen LogP contribution < -0.4 is 4.74 Å². The largest absolute Gasteiger partial charge is 0.487 e. The number of benzene rings is 1. The standard InChI is InChI=1S/C19H22N4O2/c24-19(15-6-4-5-7-15)22-11-10-17(13-22)23-12-16(20-21-23)14-25-18-8-2-1-3-9-18/h1-5,8-9,12,15,17H,6-7,10-11,13-14H2. The average molecular weight is 338 g/mol. The molecule has 1 atom stereocenters. The van der Waals surface area contributed by atoms with E-state index in [-0.39, 0.29) is 17.9 Å². The quantitative estimate of drug-likeness (QED) is 0.786. The predicted octanol–water partition coefficient (Wildman–Crippen LogP) is 2.60. The fourth-order valence-electron chi connectivity index (χ4n) is 3.47. The van der Waals surface area contributed by atoms with Gasteiger partial charge < -0.3 is 9.64 Å². The average Bonchev–Trinajstić information content (AvgIpc) is 3.41. The summed E-state index contributed by atoms with van der Waals surface area (Å²) >= 11 is 0. The minimum Gasteiger partial charge on any atom is -0.487 e. The highest BCUT2D eigenvalue weighted by molar-refractivity contribution is 5.80. The lowest BCUT2D eigenvalue weighted by Gasteiger charge is -2.20. The van der Waals surface area contributed by atoms with Crippen LogP contribution in [0.15, 0.2) is 48.7 Å². The molecule has 4 rings (SSSR count). The highest BCUT2D eigenvalue weighted by Crippen LogP contribution is 2.26. The van der Waals surface area contributed by atoms with Crippen molar-refractivity contribution in [2.45, 2.75) is 31.9 Å². The van der Waals surface area contributed by atoms with Crippen LogP contribution in [-0.2, 0) is 11.4 Å². The van der Waals surface area contributed by atoms with Crippen LogP contribution in [0.3, 0.4) is 0 Å². The van der Waals surface area contributed by atoms with E-state index in [1.54, 1.807) is 0 Å². The van der Waals surface area contributed by atoms with E-state index in [2.05, 4.69) is 22.5 Å². The van der Waals surface area contributed by atoms with Gasteiger partial charge in [0.2, 0.25) is 5.91 Å². The van der Waals surface area contributed by atoms with Crippen molar-refractivity contribution >= 4 is 5.91 Å². The van der Waals surface area contributed by atoms with Gasteiger partial charge in [0.1, 0.15) is 18.1 Å². The molecule has 0 radical (unpaired) electrons. The summed E-state index contributed by atoms with van der Waals surface area (Å²) in [5.74, 6) is 1.24. The summed E-state index contributed by atoms with van der Waals surface area (Å²) in [6.07, 6.45) is 8.82. The molecule has 0 N–H and O–H groups in total. The van der Waals surface area contributed by atoms with Crippen molar-refractivity contribution in [1.29, 1.82) is 0 Å². The van der Waals surface area contributed by atoms with Gasteiger partial charge in [-0.15, -0.1) is 5.10 Å². The lowest BCUT2D eigenvalue weighted by Crippen LogP contribution is -2.33. The molecule has 1 unspecified atom stereocenters. The molecule has 1 fully saturated rings. The molecule has 0 saturated carbocycles. The number of ether oxygens (including phenoxy) is 1. The summed E-state index contributed by atoms with van der Waals surface area (Å²) in [6.45, 7) is 1.92. The lowest BCUT2D eigenvalue weighted by molar-refractivity contribution is -0.134. The highest BCUT2D eigenvalue weighted by atomic mass is 16.5. The van der Waals surface area contributed by atoms with Crippen LogP contribution in [-0.4, -0.2) is 38.9 Å². The van der Waals surface area contributed by atoms with E-state index in [4.69, 9.17) is 4.74 Å². The molecule has 1 aromatic carbocycles. The van der Waals surface area contributed by atoms with Gasteiger partial charge in [0.15, 0.2) is 0 Å². The molecule has 0 spiro atoms. The molecule has 1 amide bonds. The molecule has 1 aliphatic heterocycles. The fraction of sp³-hybridized carbons (Fsp3) is 0.421. The molecule has 0 bridgehead atoms. The summed E-state index contributed by atoms with van der Waals surface area (Å²) in [7, 11) is 0. The van der Waals surface area contributed by atoms with Crippen LogP contribution in [0.25, 0.3) is 0 Å². The number of nitrogens with zero attached hydrogens (tertiary/aromatic N) is 4. The first-order chi connectivity index (χ1) is 12.3. The summed E-state index contributed by atoms with van der Waals surface area (Å²) in [4.78, 5) is 14.5. The van der Waals surface area contributed by atoms with Gasteiger partial charge in [-0.05, 0) is 31.4 Å². The van der Waals surface area contributed by atoms with Crippen LogP contribution in [0, 0.1) is 5.92 Å². The molecule has 1 aliphatic carbocycles. The maximum atomic E-state index is 12.5. The molecule has 1 aromatic heterocycles. The molecule has 6 nitrogen and oxygen atoms in total. The zero-order chi connectivity index (χ0) is 17.1. The number of carbonyl (C=O) groups is 1. The predicted molar refractivity (Wildman–Crippen MR) is 92.9 cm³/mol. The molecule has 1 saturated heterocycles. The summed E-state index contributed by atoms with van der Waals surface area (Å²) in [6, 6.07) is 9.88. The van der Waals surface area contributed by atoms with E-state index in [0.717, 1.165) is 43.8 Å². The van der Waals surface area contributed by atoms with Crippen molar-refractivity contribution in [2.75, 3.05) is 13.1 Å². The molecule has 6 heteroatoms. The van der Waals surface area contributed by atoms with Gasteiger partial charge in [-0.2, -0.15) is 0 Å². The van der Waals surface area contributed by atoms with E-state index < -0.39 is 0 Å². The number of hydrogen-bond donors (Lipinski definition) is 0. The Morgan fingerprint density at radius 3 is 2.80 bits per heavy atom. The zero-order valence-corrected chi connectivity index (χ0v) is 14.1. The minimum absolute atomic E-state index is 0.143. The van der Waals surface area contributed by atoms with Gasteiger partial charge in [0.05, 0.1) is 12.2 Å². The molecular weight excluding hydrogens is 316 g/mol. The van der Waals surface area contributed by atoms with Crippen LogP contribution in [0.5, 0.6) is 5.75 Å². The third-order valence-electron chi connectivity index (χ3n) is 4.89. The van der Waals surface area contributed by atoms with Crippen molar-refractivity contribution in [3.8, 4) is 5.75 Å². The van der Waals surface area contributed by atoms with Gasteiger partial charge in [-0.25, -0.2) is 4.68 Å². The number of likely N-dealkylation sites (tertiary alicyclic amines) is 1. The summed E-state index contributed by atoms with van der Waals surface area (Å²) < 4.78 is 7.59. The molecule has 2 aliphatic rings. The van der Waals surface area contributed by atoms with Crippen molar-refractivity contribution < 1.29 is 9.53 Å². The van der Waals surface area contributed by atoms with Crippen LogP contribution in [0.2, 0.25) is 0 Å². The number of para-hydroxylation sites is 1. The third kappa shape index (κ3) is 3.57. The van der Waals surface area contributed by atoms with Crippen molar-refractivity contribution in [3.05, 3.63) is 54.4 Å². The molecule has 130 valence electrons. The molecule has 25 heavy (non-hydrogen) atoms. The van der Waals surface area contributed by atoms with Crippen LogP contribution in [0.1, 0.15) is 31.0 Å². The smallest absolute Gasteiger partial charge is 0.226 e. The Labute approximate surface area is 147 Å². The first-order valence-electron chi connectivity index (χ1n) is 8.82. The number of hydrogen-bond acceptors (Lipinski definition) is 4. The first-order valence-corrected chi connectivity index (χ1v) is 8.82. The Balaban J connectivity index is 1.32. The number of allylic oxidation sites excluding steroid dienone is 2. The second-order valence-corrected chi connectivity index (χ2v) is 6.66. The Kier molecular flexibility index (Phi) is 4.50. The number of rotatable bonds is 5. The third-order valence-corrected chi connectivity index (χ3v) is 4.89. The van der Waals surface area contributed by atoms with Crippen molar-refractivity contribution in [1.82, 2.24) is 19.9 Å². The van der Waals surface area contributed by atoms with Gasteiger partial charge in [-0.3, -0.25) is 4.79 Å². The minimum atomic E-state index is 0.143. The van der Waals surface area contributed by atoms with Gasteiger partial charge in [-0.1, -0.05) is 35.6 Å². The Morgan fingerprint density at radius 1 is 1.20 bits per heavy atom. The molecular formula is C19H22N4O2. The lowest BCUT2D eigenvalue weighted by atomic mass is 10.1. The summed E-state index contributed by atoms with van der Waals surface area (Å²) in [5, 5.41) is 8.44. The van der Waals surface area contributed by atoms with Gasteiger partial charge >= 0.3 is 0 Å². The Hall–Kier alpha value is -2.63. The van der Waals surface area contributed by atoms with E-state index in [9.17, 15) is 4.79 Å². The molecule has 2 heterocycles. The van der Waals surface area contributed by atoms with Crippen LogP contribution in [0.4, 0.5) is 0 Å². The topological polar surface area (TPSA) is 60.2 Å². The number of amides is 1. The van der Waals surface area contributed by atoms with Gasteiger partial charge in [0.25, 0.3) is 0 Å². The SMILES string of the molecule is O=C(C1CC=CC1)N1CCC(n2cc(COc3ccccc3)nn2)C1. The first kappa shape index (κ1) is 15.9. The monoisotopic (exact) mass is 338 g/mol. The van der Waals surface area contributed by atoms with Crippen molar-refractivity contribution in [3.63, 3.8) is 0 Å². The maximum Gasteiger partial charge on any atom is 0.226 e. The highest BCUT2D eigenvalue weighted by Gasteiger charge is 2.32. The van der Waals surface area contributed by atoms with E-state index >= 15 is 0 Å². The number of carbonyl (C=O) groups excluding carboxylic acids is 1. The second-order valence-electron chi connectivity index (χ2n) is 6.66. The maximum absolute atomic E-state index is 12.5.